The highest BCUT2D eigenvalue weighted by Gasteiger charge is 2.30. The number of nitrogens with zero attached hydrogens (tertiary/aromatic N) is 3. The van der Waals surface area contributed by atoms with E-state index >= 15 is 0 Å². The number of rotatable bonds is 9. The molecule has 2 aromatic rings. The van der Waals surface area contributed by atoms with Gasteiger partial charge in [-0.2, -0.15) is 5.10 Å². The van der Waals surface area contributed by atoms with Crippen LogP contribution in [0.15, 0.2) is 53.6 Å². The molecule has 0 aromatic heterocycles. The van der Waals surface area contributed by atoms with Crippen LogP contribution in [0, 0.1) is 25.6 Å². The lowest BCUT2D eigenvalue weighted by molar-refractivity contribution is -0.393. The van der Waals surface area contributed by atoms with Gasteiger partial charge in [0.1, 0.15) is 5.69 Å². The molecule has 0 aliphatic carbocycles. The molecular weight excluding hydrogens is 364 g/mol. The number of nitro benzene ring substituents is 2. The first-order valence-electron chi connectivity index (χ1n) is 8.66. The van der Waals surface area contributed by atoms with Gasteiger partial charge in [-0.1, -0.05) is 44.2 Å². The summed E-state index contributed by atoms with van der Waals surface area (Å²) in [5.74, 6) is 0. The molecule has 0 spiro atoms. The molecule has 1 atom stereocenters. The summed E-state index contributed by atoms with van der Waals surface area (Å²) < 4.78 is 5.90. The van der Waals surface area contributed by atoms with Crippen LogP contribution in [0.2, 0.25) is 0 Å². The zero-order valence-corrected chi connectivity index (χ0v) is 15.9. The number of ether oxygens (including phenoxy) is 1. The first kappa shape index (κ1) is 21.0. The summed E-state index contributed by atoms with van der Waals surface area (Å²) in [6.07, 6.45) is 1.35. The molecule has 0 aliphatic heterocycles. The number of hydrogen-bond donors (Lipinski definition) is 1. The summed E-state index contributed by atoms with van der Waals surface area (Å²) in [5.41, 5.74) is 2.36. The molecule has 0 saturated carbocycles. The number of hydrogen-bond acceptors (Lipinski definition) is 7. The fraction of sp³-hybridized carbons (Fsp3) is 0.316. The summed E-state index contributed by atoms with van der Waals surface area (Å²) in [5, 5.41) is 26.2. The molecule has 2 rings (SSSR count). The Hall–Kier alpha value is -3.33. The van der Waals surface area contributed by atoms with Gasteiger partial charge < -0.3 is 4.74 Å². The van der Waals surface area contributed by atoms with Gasteiger partial charge in [-0.15, -0.1) is 0 Å². The molecule has 0 saturated heterocycles. The lowest BCUT2D eigenvalue weighted by Gasteiger charge is -2.31. The largest absolute Gasteiger partial charge is 0.373 e. The van der Waals surface area contributed by atoms with Crippen LogP contribution in [0.5, 0.6) is 0 Å². The first-order chi connectivity index (χ1) is 13.3. The third kappa shape index (κ3) is 5.10. The topological polar surface area (TPSA) is 120 Å². The highest BCUT2D eigenvalue weighted by atomic mass is 16.6. The van der Waals surface area contributed by atoms with E-state index in [0.717, 1.165) is 11.6 Å². The molecule has 1 N–H and O–H groups in total. The molecular formula is C19H22N4O5. The monoisotopic (exact) mass is 386 g/mol. The molecule has 9 heteroatoms. The van der Waals surface area contributed by atoms with Crippen molar-refractivity contribution in [1.29, 1.82) is 0 Å². The summed E-state index contributed by atoms with van der Waals surface area (Å²) in [6.45, 7) is 6.30. The van der Waals surface area contributed by atoms with Gasteiger partial charge in [0.2, 0.25) is 0 Å². The van der Waals surface area contributed by atoms with E-state index in [9.17, 15) is 20.2 Å². The molecule has 148 valence electrons. The molecule has 2 aromatic carbocycles. The lowest BCUT2D eigenvalue weighted by Crippen LogP contribution is -2.26. The summed E-state index contributed by atoms with van der Waals surface area (Å²) >= 11 is 0. The number of anilines is 1. The second-order valence-electron chi connectivity index (χ2n) is 6.65. The normalized spacial score (nSPS) is 12.7. The van der Waals surface area contributed by atoms with Crippen LogP contribution in [-0.4, -0.2) is 22.7 Å². The van der Waals surface area contributed by atoms with Gasteiger partial charge in [-0.25, -0.2) is 0 Å². The second-order valence-corrected chi connectivity index (χ2v) is 6.65. The van der Waals surface area contributed by atoms with E-state index in [0.29, 0.717) is 6.61 Å². The van der Waals surface area contributed by atoms with Crippen LogP contribution in [0.25, 0.3) is 0 Å². The van der Waals surface area contributed by atoms with Gasteiger partial charge in [0.25, 0.3) is 5.69 Å². The zero-order chi connectivity index (χ0) is 20.7. The van der Waals surface area contributed by atoms with Crippen LogP contribution >= 0.6 is 0 Å². The minimum absolute atomic E-state index is 0.0651. The van der Waals surface area contributed by atoms with E-state index in [1.54, 1.807) is 6.21 Å². The van der Waals surface area contributed by atoms with E-state index in [1.165, 1.54) is 12.1 Å². The van der Waals surface area contributed by atoms with Crippen LogP contribution in [-0.2, 0) is 4.74 Å². The number of non-ortho nitro benzene ring substituents is 1. The van der Waals surface area contributed by atoms with Crippen molar-refractivity contribution in [2.24, 2.45) is 10.5 Å². The van der Waals surface area contributed by atoms with Crippen molar-refractivity contribution < 1.29 is 14.6 Å². The van der Waals surface area contributed by atoms with E-state index in [2.05, 4.69) is 10.5 Å². The Kier molecular flexibility index (Phi) is 6.78. The molecule has 0 amide bonds. The first-order valence-corrected chi connectivity index (χ1v) is 8.66. The molecule has 0 radical (unpaired) electrons. The van der Waals surface area contributed by atoms with E-state index in [1.807, 2.05) is 51.1 Å². The molecule has 0 fully saturated rings. The molecule has 0 aliphatic rings. The van der Waals surface area contributed by atoms with Crippen LogP contribution in [0.4, 0.5) is 17.1 Å². The average molecular weight is 386 g/mol. The fourth-order valence-corrected chi connectivity index (χ4v) is 2.75. The SMILES string of the molecule is CCOC(c1ccccc1)C(C)(C)/C=N/Nc1ccc([N+](=O)[O-])cc1[N+](=O)[O-]. The van der Waals surface area contributed by atoms with Crippen molar-refractivity contribution in [2.45, 2.75) is 26.9 Å². The van der Waals surface area contributed by atoms with Crippen molar-refractivity contribution in [2.75, 3.05) is 12.0 Å². The zero-order valence-electron chi connectivity index (χ0n) is 15.9. The van der Waals surface area contributed by atoms with Gasteiger partial charge >= 0.3 is 5.69 Å². The lowest BCUT2D eigenvalue weighted by atomic mass is 9.83. The summed E-state index contributed by atoms with van der Waals surface area (Å²) in [6, 6.07) is 13.0. The van der Waals surface area contributed by atoms with Gasteiger partial charge in [0.15, 0.2) is 0 Å². The molecule has 0 bridgehead atoms. The van der Waals surface area contributed by atoms with Crippen molar-refractivity contribution in [1.82, 2.24) is 0 Å². The standard InChI is InChI=1S/C19H22N4O5/c1-4-28-18(14-8-6-5-7-9-14)19(2,3)13-20-21-16-11-10-15(22(24)25)12-17(16)23(26)27/h5-13,18,21H,4H2,1-3H3/b20-13+. The van der Waals surface area contributed by atoms with E-state index in [-0.39, 0.29) is 17.5 Å². The minimum atomic E-state index is -0.692. The Morgan fingerprint density at radius 1 is 1.14 bits per heavy atom. The fourth-order valence-electron chi connectivity index (χ4n) is 2.75. The highest BCUT2D eigenvalue weighted by molar-refractivity contribution is 5.70. The maximum absolute atomic E-state index is 11.2. The number of nitrogens with one attached hydrogen (secondary N) is 1. The number of hydrazone groups is 1. The van der Waals surface area contributed by atoms with Crippen LogP contribution in [0.3, 0.4) is 0 Å². The Bertz CT molecular complexity index is 868. The van der Waals surface area contributed by atoms with Crippen LogP contribution < -0.4 is 5.43 Å². The Labute approximate surface area is 162 Å². The highest BCUT2D eigenvalue weighted by Crippen LogP contribution is 2.35. The van der Waals surface area contributed by atoms with Crippen LogP contribution in [0.1, 0.15) is 32.4 Å². The van der Waals surface area contributed by atoms with E-state index < -0.39 is 20.9 Å². The molecule has 0 heterocycles. The van der Waals surface area contributed by atoms with E-state index in [4.69, 9.17) is 4.74 Å². The number of nitro groups is 2. The minimum Gasteiger partial charge on any atom is -0.373 e. The summed E-state index contributed by atoms with van der Waals surface area (Å²) in [4.78, 5) is 20.7. The predicted molar refractivity (Wildman–Crippen MR) is 106 cm³/mol. The third-order valence-electron chi connectivity index (χ3n) is 4.08. The number of benzene rings is 2. The van der Waals surface area contributed by atoms with Gasteiger partial charge in [-0.05, 0) is 18.6 Å². The average Bonchev–Trinajstić information content (AvgIpc) is 2.66. The maximum atomic E-state index is 11.2. The van der Waals surface area contributed by atoms with Crippen molar-refractivity contribution >= 4 is 23.3 Å². The Morgan fingerprint density at radius 2 is 1.82 bits per heavy atom. The van der Waals surface area contributed by atoms with Gasteiger partial charge in [0, 0.05) is 24.3 Å². The smallest absolute Gasteiger partial charge is 0.301 e. The third-order valence-corrected chi connectivity index (χ3v) is 4.08. The molecule has 28 heavy (non-hydrogen) atoms. The maximum Gasteiger partial charge on any atom is 0.301 e. The quantitative estimate of drug-likeness (QED) is 0.379. The molecule has 1 unspecified atom stereocenters. The Morgan fingerprint density at radius 3 is 2.39 bits per heavy atom. The van der Waals surface area contributed by atoms with Gasteiger partial charge in [0.05, 0.1) is 22.0 Å². The Balaban J connectivity index is 2.24. The molecule has 9 nitrogen and oxygen atoms in total. The van der Waals surface area contributed by atoms with Crippen molar-refractivity contribution in [3.63, 3.8) is 0 Å². The van der Waals surface area contributed by atoms with Crippen molar-refractivity contribution in [3.8, 4) is 0 Å². The summed E-state index contributed by atoms with van der Waals surface area (Å²) in [7, 11) is 0. The predicted octanol–water partition coefficient (Wildman–Crippen LogP) is 4.70. The van der Waals surface area contributed by atoms with Gasteiger partial charge in [-0.3, -0.25) is 25.7 Å². The second kappa shape index (κ2) is 9.05. The van der Waals surface area contributed by atoms with Crippen molar-refractivity contribution in [3.05, 3.63) is 74.3 Å².